The zero-order valence-electron chi connectivity index (χ0n) is 15.3. The lowest BCUT2D eigenvalue weighted by molar-refractivity contribution is 0.434. The molecule has 1 fully saturated rings. The molecule has 4 aromatic heterocycles. The van der Waals surface area contributed by atoms with Gasteiger partial charge in [-0.1, -0.05) is 25.7 Å². The van der Waals surface area contributed by atoms with Gasteiger partial charge in [0.1, 0.15) is 6.33 Å². The molecule has 5 rings (SSSR count). The highest BCUT2D eigenvalue weighted by molar-refractivity contribution is 5.91. The largest absolute Gasteiger partial charge is 0.312 e. The highest BCUT2D eigenvalue weighted by Gasteiger charge is 2.17. The van der Waals surface area contributed by atoms with Gasteiger partial charge in [-0.15, -0.1) is 0 Å². The van der Waals surface area contributed by atoms with Gasteiger partial charge in [0.25, 0.3) is 11.1 Å². The second-order valence-electron chi connectivity index (χ2n) is 7.33. The molecule has 0 atom stereocenters. The van der Waals surface area contributed by atoms with Crippen molar-refractivity contribution in [2.75, 3.05) is 0 Å². The Kier molecular flexibility index (Phi) is 4.03. The number of hydrogen-bond donors (Lipinski definition) is 1. The van der Waals surface area contributed by atoms with E-state index < -0.39 is 0 Å². The summed E-state index contributed by atoms with van der Waals surface area (Å²) in [5.41, 5.74) is 0.806. The third kappa shape index (κ3) is 2.72. The van der Waals surface area contributed by atoms with E-state index in [9.17, 15) is 9.59 Å². The lowest BCUT2D eigenvalue weighted by Gasteiger charge is -2.18. The molecule has 0 aliphatic heterocycles. The number of fused-ring (bicyclic) bond motifs is 2. The smallest absolute Gasteiger partial charge is 0.266 e. The van der Waals surface area contributed by atoms with Crippen LogP contribution in [0.2, 0.25) is 0 Å². The number of H-pyrrole nitrogens is 1. The van der Waals surface area contributed by atoms with Crippen LogP contribution in [-0.2, 0) is 0 Å². The number of aromatic nitrogens is 6. The first-order chi connectivity index (χ1) is 13.7. The first-order valence-electron chi connectivity index (χ1n) is 9.65. The summed E-state index contributed by atoms with van der Waals surface area (Å²) in [7, 11) is 0. The molecule has 0 amide bonds. The molecule has 1 N–H and O–H groups in total. The third-order valence-corrected chi connectivity index (χ3v) is 5.62. The molecule has 0 bridgehead atoms. The summed E-state index contributed by atoms with van der Waals surface area (Å²) in [6.07, 6.45) is 11.6. The Morgan fingerprint density at radius 1 is 0.929 bits per heavy atom. The van der Waals surface area contributed by atoms with Gasteiger partial charge in [0.05, 0.1) is 21.8 Å². The van der Waals surface area contributed by atoms with E-state index in [1.807, 2.05) is 16.8 Å². The Morgan fingerprint density at radius 2 is 1.64 bits per heavy atom. The molecule has 0 unspecified atom stereocenters. The molecular weight excluding hydrogens is 356 g/mol. The second-order valence-corrected chi connectivity index (χ2v) is 7.33. The van der Waals surface area contributed by atoms with Gasteiger partial charge < -0.3 is 4.57 Å². The average Bonchev–Trinajstić information content (AvgIpc) is 3.10. The van der Waals surface area contributed by atoms with Crippen LogP contribution in [-0.4, -0.2) is 29.3 Å². The highest BCUT2D eigenvalue weighted by Crippen LogP contribution is 2.26. The van der Waals surface area contributed by atoms with Gasteiger partial charge in [0.2, 0.25) is 5.95 Å². The van der Waals surface area contributed by atoms with Crippen LogP contribution < -0.4 is 11.1 Å². The summed E-state index contributed by atoms with van der Waals surface area (Å²) in [6.45, 7) is 0. The summed E-state index contributed by atoms with van der Waals surface area (Å²) < 4.78 is 3.20. The predicted molar refractivity (Wildman–Crippen MR) is 106 cm³/mol. The fraction of sp³-hybridized carbons (Fsp3) is 0.350. The SMILES string of the molecule is O=c1c2cc3c(=O)n(C4CCCCCC4)ccc3nc2ccn1-c1ncn[nH]1. The predicted octanol–water partition coefficient (Wildman–Crippen LogP) is 2.71. The third-order valence-electron chi connectivity index (χ3n) is 5.62. The minimum Gasteiger partial charge on any atom is -0.312 e. The summed E-state index contributed by atoms with van der Waals surface area (Å²) >= 11 is 0. The molecule has 0 spiro atoms. The standard InChI is InChI=1S/C20H20N6O2/c27-18-14-11-15-17(8-10-26(19(15)28)20-21-12-22-24-20)23-16(14)7-9-25(18)13-5-3-1-2-4-6-13/h7-13H,1-6H2,(H,21,22,24). The van der Waals surface area contributed by atoms with Crippen molar-refractivity contribution in [1.29, 1.82) is 0 Å². The van der Waals surface area contributed by atoms with Gasteiger partial charge in [-0.25, -0.2) is 10.1 Å². The van der Waals surface area contributed by atoms with E-state index in [4.69, 9.17) is 0 Å². The maximum absolute atomic E-state index is 13.2. The van der Waals surface area contributed by atoms with Crippen molar-refractivity contribution in [1.82, 2.24) is 29.3 Å². The Bertz CT molecular complexity index is 1260. The van der Waals surface area contributed by atoms with E-state index in [0.717, 1.165) is 25.7 Å². The van der Waals surface area contributed by atoms with Gasteiger partial charge >= 0.3 is 0 Å². The molecular formula is C20H20N6O2. The van der Waals surface area contributed by atoms with Crippen molar-refractivity contribution >= 4 is 21.8 Å². The lowest BCUT2D eigenvalue weighted by Crippen LogP contribution is -2.25. The average molecular weight is 376 g/mol. The fourth-order valence-corrected chi connectivity index (χ4v) is 4.14. The van der Waals surface area contributed by atoms with Crippen LogP contribution >= 0.6 is 0 Å². The lowest BCUT2D eigenvalue weighted by atomic mass is 10.1. The van der Waals surface area contributed by atoms with Crippen molar-refractivity contribution in [2.45, 2.75) is 44.6 Å². The molecule has 142 valence electrons. The van der Waals surface area contributed by atoms with Crippen LogP contribution in [0.1, 0.15) is 44.6 Å². The maximum atomic E-state index is 13.2. The number of nitrogens with one attached hydrogen (secondary N) is 1. The number of rotatable bonds is 2. The van der Waals surface area contributed by atoms with Crippen molar-refractivity contribution in [2.24, 2.45) is 0 Å². The normalized spacial score (nSPS) is 15.9. The summed E-state index contributed by atoms with van der Waals surface area (Å²) in [4.78, 5) is 34.7. The molecule has 0 radical (unpaired) electrons. The fourth-order valence-electron chi connectivity index (χ4n) is 4.14. The molecule has 28 heavy (non-hydrogen) atoms. The zero-order valence-corrected chi connectivity index (χ0v) is 15.3. The van der Waals surface area contributed by atoms with Gasteiger partial charge in [-0.3, -0.25) is 14.2 Å². The van der Waals surface area contributed by atoms with E-state index in [2.05, 4.69) is 20.2 Å². The second kappa shape index (κ2) is 6.70. The Balaban J connectivity index is 1.71. The topological polar surface area (TPSA) is 98.5 Å². The minimum atomic E-state index is -0.284. The van der Waals surface area contributed by atoms with Crippen LogP contribution in [0.25, 0.3) is 27.8 Å². The van der Waals surface area contributed by atoms with E-state index in [0.29, 0.717) is 27.8 Å². The van der Waals surface area contributed by atoms with Gasteiger partial charge in [-0.05, 0) is 31.0 Å². The van der Waals surface area contributed by atoms with Crippen LogP contribution in [0.5, 0.6) is 0 Å². The molecule has 1 aliphatic rings. The van der Waals surface area contributed by atoms with Crippen LogP contribution in [0.15, 0.2) is 46.5 Å². The van der Waals surface area contributed by atoms with Crippen LogP contribution in [0.4, 0.5) is 0 Å². The number of nitrogens with zero attached hydrogens (tertiary/aromatic N) is 5. The number of pyridine rings is 3. The minimum absolute atomic E-state index is 0.0757. The van der Waals surface area contributed by atoms with Gasteiger partial charge in [0, 0.05) is 18.4 Å². The number of hydrogen-bond acceptors (Lipinski definition) is 5. The Labute approximate surface area is 159 Å². The quantitative estimate of drug-likeness (QED) is 0.428. The van der Waals surface area contributed by atoms with Crippen molar-refractivity contribution < 1.29 is 0 Å². The molecule has 1 saturated carbocycles. The van der Waals surface area contributed by atoms with Crippen molar-refractivity contribution in [3.05, 3.63) is 57.6 Å². The van der Waals surface area contributed by atoms with Crippen molar-refractivity contribution in [3.63, 3.8) is 0 Å². The maximum Gasteiger partial charge on any atom is 0.266 e. The first kappa shape index (κ1) is 16.9. The Morgan fingerprint density at radius 3 is 2.36 bits per heavy atom. The van der Waals surface area contributed by atoms with Gasteiger partial charge in [0.15, 0.2) is 0 Å². The molecule has 8 heteroatoms. The molecule has 4 heterocycles. The first-order valence-corrected chi connectivity index (χ1v) is 9.65. The van der Waals surface area contributed by atoms with E-state index in [1.165, 1.54) is 23.7 Å². The summed E-state index contributed by atoms with van der Waals surface area (Å²) in [5, 5.41) is 7.34. The highest BCUT2D eigenvalue weighted by atomic mass is 16.1. The number of aromatic amines is 1. The molecule has 4 aromatic rings. The van der Waals surface area contributed by atoms with Crippen LogP contribution in [0.3, 0.4) is 0 Å². The molecule has 8 nitrogen and oxygen atoms in total. The molecule has 0 aromatic carbocycles. The summed E-state index contributed by atoms with van der Waals surface area (Å²) in [6, 6.07) is 5.51. The van der Waals surface area contributed by atoms with Crippen LogP contribution in [0, 0.1) is 0 Å². The monoisotopic (exact) mass is 376 g/mol. The van der Waals surface area contributed by atoms with E-state index in [-0.39, 0.29) is 17.2 Å². The Hall–Kier alpha value is -3.29. The molecule has 0 saturated heterocycles. The van der Waals surface area contributed by atoms with E-state index in [1.54, 1.807) is 18.3 Å². The summed E-state index contributed by atoms with van der Waals surface area (Å²) in [5.74, 6) is 0.330. The molecule has 1 aliphatic carbocycles. The van der Waals surface area contributed by atoms with E-state index >= 15 is 0 Å². The van der Waals surface area contributed by atoms with Gasteiger partial charge in [-0.2, -0.15) is 10.1 Å². The zero-order chi connectivity index (χ0) is 19.1. The van der Waals surface area contributed by atoms with Crippen molar-refractivity contribution in [3.8, 4) is 5.95 Å².